The van der Waals surface area contributed by atoms with Crippen molar-refractivity contribution in [3.8, 4) is 0 Å². The molecular formula is C20H24N4O4S. The van der Waals surface area contributed by atoms with Gasteiger partial charge in [-0.3, -0.25) is 19.7 Å². The maximum atomic E-state index is 12.7. The highest BCUT2D eigenvalue weighted by atomic mass is 32.1. The fourth-order valence-corrected chi connectivity index (χ4v) is 3.23. The van der Waals surface area contributed by atoms with Gasteiger partial charge in [0.1, 0.15) is 10.7 Å². The zero-order chi connectivity index (χ0) is 21.6. The van der Waals surface area contributed by atoms with Crippen LogP contribution in [-0.2, 0) is 11.3 Å². The molecule has 0 bridgehead atoms. The lowest BCUT2D eigenvalue weighted by Crippen LogP contribution is -2.35. The van der Waals surface area contributed by atoms with E-state index in [1.165, 1.54) is 29.5 Å². The summed E-state index contributed by atoms with van der Waals surface area (Å²) in [7, 11) is 0. The van der Waals surface area contributed by atoms with Crippen LogP contribution in [0.25, 0.3) is 6.08 Å². The molecule has 2 amide bonds. The first-order chi connectivity index (χ1) is 13.7. The van der Waals surface area contributed by atoms with E-state index in [0.717, 1.165) is 0 Å². The molecule has 154 valence electrons. The molecule has 0 fully saturated rings. The molecular weight excluding hydrogens is 392 g/mol. The Morgan fingerprint density at radius 1 is 1.24 bits per heavy atom. The molecule has 0 unspecified atom stereocenters. The second-order valence-corrected chi connectivity index (χ2v) is 7.94. The fourth-order valence-electron chi connectivity index (χ4n) is 2.46. The van der Waals surface area contributed by atoms with Gasteiger partial charge in [0.2, 0.25) is 5.91 Å². The molecule has 0 radical (unpaired) electrons. The van der Waals surface area contributed by atoms with Crippen LogP contribution in [0.4, 0.5) is 5.69 Å². The first kappa shape index (κ1) is 22.2. The predicted octanol–water partition coefficient (Wildman–Crippen LogP) is 3.64. The van der Waals surface area contributed by atoms with Gasteiger partial charge < -0.3 is 10.2 Å². The molecule has 2 rings (SSSR count). The number of rotatable bonds is 8. The minimum atomic E-state index is -0.469. The summed E-state index contributed by atoms with van der Waals surface area (Å²) in [4.78, 5) is 40.9. The molecule has 1 heterocycles. The molecule has 29 heavy (non-hydrogen) atoms. The second-order valence-electron chi connectivity index (χ2n) is 7.00. The van der Waals surface area contributed by atoms with E-state index in [-0.39, 0.29) is 29.6 Å². The SMILES string of the molecule is CC(C)NC(=O)c1csc(CN(C(=O)/C=C/c2ccc([N+](=O)[O-])cc2)C(C)C)n1. The van der Waals surface area contributed by atoms with E-state index in [1.54, 1.807) is 28.5 Å². The standard InChI is InChI=1S/C20H24N4O4S/c1-13(2)21-20(26)17-12-29-18(22-17)11-23(14(3)4)19(25)10-7-15-5-8-16(9-6-15)24(27)28/h5-10,12-14H,11H2,1-4H3,(H,21,26)/b10-7+. The van der Waals surface area contributed by atoms with E-state index in [2.05, 4.69) is 10.3 Å². The highest BCUT2D eigenvalue weighted by molar-refractivity contribution is 7.09. The summed E-state index contributed by atoms with van der Waals surface area (Å²) in [5.74, 6) is -0.440. The quantitative estimate of drug-likeness (QED) is 0.402. The third kappa shape index (κ3) is 6.49. The van der Waals surface area contributed by atoms with E-state index in [0.29, 0.717) is 22.8 Å². The zero-order valence-corrected chi connectivity index (χ0v) is 17.6. The number of non-ortho nitro benzene ring substituents is 1. The monoisotopic (exact) mass is 416 g/mol. The number of aromatic nitrogens is 1. The Labute approximate surface area is 173 Å². The highest BCUT2D eigenvalue weighted by Crippen LogP contribution is 2.16. The Morgan fingerprint density at radius 3 is 2.45 bits per heavy atom. The van der Waals surface area contributed by atoms with Crippen LogP contribution in [0.3, 0.4) is 0 Å². The molecule has 0 aliphatic rings. The molecule has 8 nitrogen and oxygen atoms in total. The summed E-state index contributed by atoms with van der Waals surface area (Å²) < 4.78 is 0. The van der Waals surface area contributed by atoms with Crippen molar-refractivity contribution in [2.75, 3.05) is 0 Å². The van der Waals surface area contributed by atoms with Gasteiger partial charge in [-0.05, 0) is 51.5 Å². The number of hydrogen-bond acceptors (Lipinski definition) is 6. The zero-order valence-electron chi connectivity index (χ0n) is 16.8. The third-order valence-electron chi connectivity index (χ3n) is 3.94. The molecule has 0 atom stereocenters. The van der Waals surface area contributed by atoms with Crippen LogP contribution in [0.5, 0.6) is 0 Å². The van der Waals surface area contributed by atoms with Crippen LogP contribution in [0.2, 0.25) is 0 Å². The van der Waals surface area contributed by atoms with Crippen molar-refractivity contribution < 1.29 is 14.5 Å². The number of carbonyl (C=O) groups is 2. The number of nitrogens with zero attached hydrogens (tertiary/aromatic N) is 3. The highest BCUT2D eigenvalue weighted by Gasteiger charge is 2.18. The Kier molecular flexibility index (Phi) is 7.60. The van der Waals surface area contributed by atoms with Gasteiger partial charge >= 0.3 is 0 Å². The normalized spacial score (nSPS) is 11.2. The van der Waals surface area contributed by atoms with Crippen LogP contribution >= 0.6 is 11.3 Å². The lowest BCUT2D eigenvalue weighted by atomic mass is 10.2. The first-order valence-electron chi connectivity index (χ1n) is 9.15. The number of nitro benzene ring substituents is 1. The third-order valence-corrected chi connectivity index (χ3v) is 4.77. The van der Waals surface area contributed by atoms with Gasteiger partial charge in [-0.1, -0.05) is 0 Å². The smallest absolute Gasteiger partial charge is 0.270 e. The van der Waals surface area contributed by atoms with Crippen molar-refractivity contribution >= 4 is 34.9 Å². The summed E-state index contributed by atoms with van der Waals surface area (Å²) in [6, 6.07) is 5.91. The second kappa shape index (κ2) is 9.92. The lowest BCUT2D eigenvalue weighted by molar-refractivity contribution is -0.384. The molecule has 0 aliphatic carbocycles. The number of thiazole rings is 1. The van der Waals surface area contributed by atoms with Gasteiger partial charge in [0.15, 0.2) is 0 Å². The van der Waals surface area contributed by atoms with Crippen molar-refractivity contribution in [2.45, 2.75) is 46.3 Å². The van der Waals surface area contributed by atoms with Crippen molar-refractivity contribution in [3.63, 3.8) is 0 Å². The van der Waals surface area contributed by atoms with E-state index in [1.807, 2.05) is 27.7 Å². The van der Waals surface area contributed by atoms with Gasteiger partial charge in [0.05, 0.1) is 11.5 Å². The Bertz CT molecular complexity index is 903. The first-order valence-corrected chi connectivity index (χ1v) is 10.0. The van der Waals surface area contributed by atoms with E-state index < -0.39 is 4.92 Å². The average molecular weight is 417 g/mol. The number of carbonyl (C=O) groups excluding carboxylic acids is 2. The van der Waals surface area contributed by atoms with E-state index >= 15 is 0 Å². The van der Waals surface area contributed by atoms with Crippen LogP contribution in [0, 0.1) is 10.1 Å². The molecule has 0 aliphatic heterocycles. The van der Waals surface area contributed by atoms with E-state index in [9.17, 15) is 19.7 Å². The molecule has 1 aromatic heterocycles. The van der Waals surface area contributed by atoms with Crippen molar-refractivity contribution in [2.24, 2.45) is 0 Å². The summed E-state index contributed by atoms with van der Waals surface area (Å²) in [6.07, 6.45) is 3.05. The maximum absolute atomic E-state index is 12.7. The number of amides is 2. The minimum Gasteiger partial charge on any atom is -0.349 e. The summed E-state index contributed by atoms with van der Waals surface area (Å²) in [5, 5.41) is 15.9. The molecule has 0 spiro atoms. The Morgan fingerprint density at radius 2 is 1.90 bits per heavy atom. The van der Waals surface area contributed by atoms with Gasteiger partial charge in [0.25, 0.3) is 11.6 Å². The molecule has 9 heteroatoms. The minimum absolute atomic E-state index is 0.00152. The molecule has 2 aromatic rings. The van der Waals surface area contributed by atoms with Crippen LogP contribution in [0.15, 0.2) is 35.7 Å². The van der Waals surface area contributed by atoms with Crippen molar-refractivity contribution in [1.82, 2.24) is 15.2 Å². The van der Waals surface area contributed by atoms with Crippen LogP contribution in [-0.4, -0.2) is 38.7 Å². The van der Waals surface area contributed by atoms with Crippen LogP contribution < -0.4 is 5.32 Å². The van der Waals surface area contributed by atoms with Gasteiger partial charge in [-0.15, -0.1) is 11.3 Å². The molecule has 1 N–H and O–H groups in total. The number of nitrogens with one attached hydrogen (secondary N) is 1. The Hall–Kier alpha value is -3.07. The predicted molar refractivity (Wildman–Crippen MR) is 113 cm³/mol. The summed E-state index contributed by atoms with van der Waals surface area (Å²) in [5.41, 5.74) is 1.03. The fraction of sp³-hybridized carbons (Fsp3) is 0.350. The largest absolute Gasteiger partial charge is 0.349 e. The number of hydrogen-bond donors (Lipinski definition) is 1. The summed E-state index contributed by atoms with van der Waals surface area (Å²) >= 11 is 1.33. The van der Waals surface area contributed by atoms with Crippen molar-refractivity contribution in [1.29, 1.82) is 0 Å². The maximum Gasteiger partial charge on any atom is 0.270 e. The van der Waals surface area contributed by atoms with Gasteiger partial charge in [0, 0.05) is 35.7 Å². The van der Waals surface area contributed by atoms with Gasteiger partial charge in [-0.25, -0.2) is 4.98 Å². The molecule has 1 aromatic carbocycles. The van der Waals surface area contributed by atoms with Crippen LogP contribution in [0.1, 0.15) is 48.8 Å². The average Bonchev–Trinajstić information content (AvgIpc) is 3.12. The molecule has 0 saturated carbocycles. The van der Waals surface area contributed by atoms with Gasteiger partial charge in [-0.2, -0.15) is 0 Å². The summed E-state index contributed by atoms with van der Waals surface area (Å²) in [6.45, 7) is 7.85. The lowest BCUT2D eigenvalue weighted by Gasteiger charge is -2.24. The number of nitro groups is 1. The van der Waals surface area contributed by atoms with Crippen molar-refractivity contribution in [3.05, 3.63) is 62.1 Å². The molecule has 0 saturated heterocycles. The van der Waals surface area contributed by atoms with E-state index in [4.69, 9.17) is 0 Å². The number of benzene rings is 1. The Balaban J connectivity index is 2.07. The topological polar surface area (TPSA) is 105 Å².